The molecule has 0 saturated heterocycles. The minimum Gasteiger partial charge on any atom is -0.494 e. The van der Waals surface area contributed by atoms with Crippen molar-refractivity contribution in [3.63, 3.8) is 0 Å². The predicted octanol–water partition coefficient (Wildman–Crippen LogP) is 4.82. The van der Waals surface area contributed by atoms with Gasteiger partial charge in [-0.05, 0) is 43.4 Å². The smallest absolute Gasteiger partial charge is 0.252 e. The van der Waals surface area contributed by atoms with Gasteiger partial charge < -0.3 is 36.2 Å². The van der Waals surface area contributed by atoms with Gasteiger partial charge >= 0.3 is 0 Å². The van der Waals surface area contributed by atoms with E-state index in [1.165, 1.54) is 20.2 Å². The number of methoxy groups -OCH3 is 1. The first kappa shape index (κ1) is 37.0. The van der Waals surface area contributed by atoms with E-state index in [1.54, 1.807) is 12.1 Å². The number of ketones is 1. The van der Waals surface area contributed by atoms with Gasteiger partial charge in [0, 0.05) is 36.9 Å². The second kappa shape index (κ2) is 20.8. The highest BCUT2D eigenvalue weighted by molar-refractivity contribution is 6.04. The molecular weight excluding hydrogens is 546 g/mol. The number of aldehydes is 1. The number of hydrogen-bond acceptors (Lipinski definition) is 8. The van der Waals surface area contributed by atoms with Crippen LogP contribution in [0.15, 0.2) is 54.4 Å². The number of allylic oxidation sites excluding steroid dienone is 1. The van der Waals surface area contributed by atoms with Crippen molar-refractivity contribution >= 4 is 35.3 Å². The van der Waals surface area contributed by atoms with E-state index in [4.69, 9.17) is 10.1 Å². The highest BCUT2D eigenvalue weighted by Gasteiger charge is 2.20. The van der Waals surface area contributed by atoms with E-state index < -0.39 is 11.8 Å². The van der Waals surface area contributed by atoms with Crippen LogP contribution in [-0.4, -0.2) is 56.8 Å². The quantitative estimate of drug-likeness (QED) is 0.0400. The van der Waals surface area contributed by atoms with Crippen LogP contribution in [0.25, 0.3) is 0 Å². The summed E-state index contributed by atoms with van der Waals surface area (Å²) in [6.45, 7) is 11.9. The van der Waals surface area contributed by atoms with Crippen LogP contribution in [0.2, 0.25) is 0 Å². The fourth-order valence-corrected chi connectivity index (χ4v) is 4.44. The molecule has 1 unspecified atom stereocenters. The number of nitrogens with one attached hydrogen (secondary N) is 5. The third-order valence-electron chi connectivity index (χ3n) is 6.82. The molecule has 0 aliphatic carbocycles. The molecular formula is C33H49N5O5. The normalized spacial score (nSPS) is 11.7. The van der Waals surface area contributed by atoms with Crippen LogP contribution in [0.5, 0.6) is 5.75 Å². The molecule has 2 amide bonds. The fraction of sp³-hybridized carbons (Fsp3) is 0.485. The Hall–Kier alpha value is -4.05. The molecule has 236 valence electrons. The lowest BCUT2D eigenvalue weighted by Crippen LogP contribution is -2.35. The Balaban J connectivity index is 2.86. The largest absolute Gasteiger partial charge is 0.494 e. The SMILES string of the molecule is C=C(/C=C(/Nc1cccc(C(=N)C(C)CCC)c1OC)C(=C)C(=O)NC)NC(=O)CNCC(=O)CCCCCCCC=O. The molecule has 5 N–H and O–H groups in total. The van der Waals surface area contributed by atoms with Gasteiger partial charge in [0.2, 0.25) is 5.91 Å². The number of para-hydroxylation sites is 1. The molecule has 1 aromatic rings. The molecule has 10 nitrogen and oxygen atoms in total. The fourth-order valence-electron chi connectivity index (χ4n) is 4.44. The zero-order valence-electron chi connectivity index (χ0n) is 26.2. The van der Waals surface area contributed by atoms with Crippen molar-refractivity contribution in [1.82, 2.24) is 16.0 Å². The number of amides is 2. The van der Waals surface area contributed by atoms with Crippen molar-refractivity contribution in [2.24, 2.45) is 5.92 Å². The van der Waals surface area contributed by atoms with Gasteiger partial charge in [-0.25, -0.2) is 0 Å². The molecule has 1 rings (SSSR count). The van der Waals surface area contributed by atoms with Crippen LogP contribution in [0.4, 0.5) is 5.69 Å². The van der Waals surface area contributed by atoms with E-state index in [0.717, 1.165) is 51.2 Å². The Morgan fingerprint density at radius 3 is 2.42 bits per heavy atom. The Morgan fingerprint density at radius 1 is 1.07 bits per heavy atom. The summed E-state index contributed by atoms with van der Waals surface area (Å²) in [5.74, 6) is -0.312. The van der Waals surface area contributed by atoms with Gasteiger partial charge in [-0.1, -0.05) is 58.8 Å². The van der Waals surface area contributed by atoms with Crippen molar-refractivity contribution in [2.45, 2.75) is 71.6 Å². The Kier molecular flexibility index (Phi) is 17.9. The number of carbonyl (C=O) groups excluding carboxylic acids is 4. The third-order valence-corrected chi connectivity index (χ3v) is 6.82. The summed E-state index contributed by atoms with van der Waals surface area (Å²) in [4.78, 5) is 47.4. The Morgan fingerprint density at radius 2 is 1.77 bits per heavy atom. The molecule has 1 atom stereocenters. The number of rotatable bonds is 23. The number of unbranched alkanes of at least 4 members (excludes halogenated alkanes) is 5. The standard InChI is InChI=1S/C33H49N5O5/c1-7-15-23(2)31(34)27-17-14-18-28(32(27)43-6)38-29(25(4)33(42)35-5)20-24(3)37-30(41)22-36-21-26(40)16-12-10-8-9-11-13-19-39/h14,17-20,23,34,36,38H,3-4,7-13,15-16,21-22H2,1-2,5-6H3,(H,35,42)(H,37,41)/b29-20+,34-31?. The van der Waals surface area contributed by atoms with Gasteiger partial charge in [0.1, 0.15) is 12.1 Å². The van der Waals surface area contributed by atoms with Gasteiger partial charge in [-0.15, -0.1) is 0 Å². The molecule has 0 fully saturated rings. The summed E-state index contributed by atoms with van der Waals surface area (Å²) in [7, 11) is 3.01. The molecule has 1 aromatic carbocycles. The second-order valence-electron chi connectivity index (χ2n) is 10.4. The first-order chi connectivity index (χ1) is 20.6. The van der Waals surface area contributed by atoms with Crippen LogP contribution in [0.3, 0.4) is 0 Å². The lowest BCUT2D eigenvalue weighted by molar-refractivity contribution is -0.120. The van der Waals surface area contributed by atoms with E-state index in [9.17, 15) is 19.2 Å². The lowest BCUT2D eigenvalue weighted by atomic mass is 9.93. The van der Waals surface area contributed by atoms with E-state index in [1.807, 2.05) is 13.0 Å². The molecule has 0 aliphatic rings. The number of carbonyl (C=O) groups is 4. The Bertz CT molecular complexity index is 1170. The number of hydrogen-bond donors (Lipinski definition) is 5. The minimum atomic E-state index is -0.432. The number of ether oxygens (including phenoxy) is 1. The summed E-state index contributed by atoms with van der Waals surface area (Å²) in [5, 5.41) is 19.9. The van der Waals surface area contributed by atoms with Crippen LogP contribution < -0.4 is 26.0 Å². The molecule has 0 heterocycles. The summed E-state index contributed by atoms with van der Waals surface area (Å²) >= 11 is 0. The van der Waals surface area contributed by atoms with Gasteiger partial charge in [0.15, 0.2) is 5.75 Å². The average Bonchev–Trinajstić information content (AvgIpc) is 2.98. The summed E-state index contributed by atoms with van der Waals surface area (Å²) in [6, 6.07) is 5.39. The van der Waals surface area contributed by atoms with Crippen LogP contribution >= 0.6 is 0 Å². The molecule has 0 aromatic heterocycles. The van der Waals surface area contributed by atoms with Crippen LogP contribution in [-0.2, 0) is 19.2 Å². The van der Waals surface area contributed by atoms with Gasteiger partial charge in [0.25, 0.3) is 5.91 Å². The Labute approximate surface area is 256 Å². The van der Waals surface area contributed by atoms with Crippen molar-refractivity contribution < 1.29 is 23.9 Å². The molecule has 0 saturated carbocycles. The van der Waals surface area contributed by atoms with E-state index >= 15 is 0 Å². The molecule has 10 heteroatoms. The zero-order valence-corrected chi connectivity index (χ0v) is 26.2. The maximum Gasteiger partial charge on any atom is 0.252 e. The molecule has 0 radical (unpaired) electrons. The predicted molar refractivity (Wildman–Crippen MR) is 172 cm³/mol. The van der Waals surface area contributed by atoms with Gasteiger partial charge in [0.05, 0.1) is 37.2 Å². The molecule has 43 heavy (non-hydrogen) atoms. The van der Waals surface area contributed by atoms with Gasteiger partial charge in [-0.2, -0.15) is 0 Å². The monoisotopic (exact) mass is 595 g/mol. The zero-order chi connectivity index (χ0) is 32.2. The van der Waals surface area contributed by atoms with Crippen molar-refractivity contribution in [3.8, 4) is 5.75 Å². The third kappa shape index (κ3) is 13.6. The van der Waals surface area contributed by atoms with Gasteiger partial charge in [-0.3, -0.25) is 14.4 Å². The van der Waals surface area contributed by atoms with E-state index in [2.05, 4.69) is 41.3 Å². The molecule has 0 aliphatic heterocycles. The number of likely N-dealkylation sites (N-methyl/N-ethyl adjacent to an activating group) is 1. The lowest BCUT2D eigenvalue weighted by Gasteiger charge is -2.20. The first-order valence-corrected chi connectivity index (χ1v) is 14.9. The summed E-state index contributed by atoms with van der Waals surface area (Å²) in [6.07, 6.45) is 9.85. The maximum absolute atomic E-state index is 12.5. The maximum atomic E-state index is 12.5. The van der Waals surface area contributed by atoms with Crippen LogP contribution in [0, 0.1) is 11.3 Å². The van der Waals surface area contributed by atoms with Crippen molar-refractivity contribution in [3.05, 3.63) is 60.0 Å². The van der Waals surface area contributed by atoms with E-state index in [0.29, 0.717) is 35.6 Å². The van der Waals surface area contributed by atoms with E-state index in [-0.39, 0.29) is 41.8 Å². The van der Waals surface area contributed by atoms with Crippen molar-refractivity contribution in [1.29, 1.82) is 5.41 Å². The highest BCUT2D eigenvalue weighted by Crippen LogP contribution is 2.33. The number of benzene rings is 1. The molecule has 0 spiro atoms. The first-order valence-electron chi connectivity index (χ1n) is 14.9. The number of Topliss-reactive ketones (excluding diaryl/α,β-unsaturated/α-hetero) is 1. The van der Waals surface area contributed by atoms with Crippen molar-refractivity contribution in [2.75, 3.05) is 32.6 Å². The summed E-state index contributed by atoms with van der Waals surface area (Å²) in [5.41, 5.74) is 2.20. The van der Waals surface area contributed by atoms with Crippen LogP contribution in [0.1, 0.15) is 77.2 Å². The summed E-state index contributed by atoms with van der Waals surface area (Å²) < 4.78 is 5.68. The number of anilines is 1. The molecule has 0 bridgehead atoms. The topological polar surface area (TPSA) is 149 Å². The minimum absolute atomic E-state index is 0.0288. The average molecular weight is 596 g/mol. The second-order valence-corrected chi connectivity index (χ2v) is 10.4. The highest BCUT2D eigenvalue weighted by atomic mass is 16.5.